The van der Waals surface area contributed by atoms with Crippen LogP contribution in [0.1, 0.15) is 40.3 Å². The lowest BCUT2D eigenvalue weighted by Crippen LogP contribution is -2.39. The Bertz CT molecular complexity index is 508. The highest BCUT2D eigenvalue weighted by molar-refractivity contribution is 7.13. The second kappa shape index (κ2) is 8.24. The Labute approximate surface area is 136 Å². The molecule has 3 N–H and O–H groups in total. The van der Waals surface area contributed by atoms with Crippen molar-refractivity contribution in [3.8, 4) is 0 Å². The molecule has 124 valence electrons. The van der Waals surface area contributed by atoms with Gasteiger partial charge in [-0.2, -0.15) is 0 Å². The second-order valence-electron chi connectivity index (χ2n) is 6.29. The number of nitrogens with zero attached hydrogens (tertiary/aromatic N) is 1. The first-order valence-corrected chi connectivity index (χ1v) is 8.36. The van der Waals surface area contributed by atoms with E-state index in [0.717, 1.165) is 6.54 Å². The van der Waals surface area contributed by atoms with Gasteiger partial charge in [0.1, 0.15) is 0 Å². The van der Waals surface area contributed by atoms with Crippen molar-refractivity contribution in [1.29, 1.82) is 0 Å². The van der Waals surface area contributed by atoms with E-state index in [4.69, 9.17) is 0 Å². The molecule has 0 aromatic carbocycles. The van der Waals surface area contributed by atoms with Gasteiger partial charge in [-0.1, -0.05) is 27.7 Å². The zero-order valence-corrected chi connectivity index (χ0v) is 14.8. The second-order valence-corrected chi connectivity index (χ2v) is 7.15. The van der Waals surface area contributed by atoms with Gasteiger partial charge in [-0.05, 0) is 13.5 Å². The number of hydrogen-bond acceptors (Lipinski definition) is 5. The number of nitrogens with one attached hydrogen (secondary N) is 3. The van der Waals surface area contributed by atoms with Gasteiger partial charge in [0.25, 0.3) is 0 Å². The Morgan fingerprint density at radius 2 is 2.05 bits per heavy atom. The van der Waals surface area contributed by atoms with E-state index >= 15 is 0 Å². The summed E-state index contributed by atoms with van der Waals surface area (Å²) in [5, 5.41) is 11.2. The SMILES string of the molecule is CCN[C@H](C)CNC(=O)Cc1csc(NC(=O)C(C)(C)C)n1. The van der Waals surface area contributed by atoms with E-state index in [1.165, 1.54) is 11.3 Å². The molecule has 0 fully saturated rings. The highest BCUT2D eigenvalue weighted by Crippen LogP contribution is 2.20. The summed E-state index contributed by atoms with van der Waals surface area (Å²) >= 11 is 1.33. The van der Waals surface area contributed by atoms with Crippen LogP contribution < -0.4 is 16.0 Å². The number of rotatable bonds is 7. The normalized spacial score (nSPS) is 12.8. The molecule has 0 spiro atoms. The predicted molar refractivity (Wildman–Crippen MR) is 90.1 cm³/mol. The molecule has 1 heterocycles. The van der Waals surface area contributed by atoms with Crippen LogP contribution in [-0.4, -0.2) is 35.9 Å². The van der Waals surface area contributed by atoms with E-state index in [2.05, 4.69) is 20.9 Å². The minimum atomic E-state index is -0.467. The fourth-order valence-corrected chi connectivity index (χ4v) is 2.35. The molecule has 0 aliphatic heterocycles. The van der Waals surface area contributed by atoms with Crippen LogP contribution in [0.25, 0.3) is 0 Å². The Morgan fingerprint density at radius 3 is 2.64 bits per heavy atom. The molecule has 0 saturated carbocycles. The molecule has 1 rings (SSSR count). The molecule has 1 aromatic heterocycles. The molecule has 1 aromatic rings. The van der Waals surface area contributed by atoms with Crippen LogP contribution in [0.3, 0.4) is 0 Å². The number of hydrogen-bond donors (Lipinski definition) is 3. The van der Waals surface area contributed by atoms with Gasteiger partial charge >= 0.3 is 0 Å². The number of carbonyl (C=O) groups is 2. The Hall–Kier alpha value is -1.47. The topological polar surface area (TPSA) is 83.1 Å². The third kappa shape index (κ3) is 6.53. The molecule has 2 amide bonds. The van der Waals surface area contributed by atoms with E-state index in [9.17, 15) is 9.59 Å². The summed E-state index contributed by atoms with van der Waals surface area (Å²) in [6.45, 7) is 11.0. The lowest BCUT2D eigenvalue weighted by atomic mass is 9.96. The molecule has 0 unspecified atom stereocenters. The van der Waals surface area contributed by atoms with Gasteiger partial charge in [-0.15, -0.1) is 11.3 Å². The van der Waals surface area contributed by atoms with Crippen LogP contribution in [-0.2, 0) is 16.0 Å². The van der Waals surface area contributed by atoms with Gasteiger partial charge < -0.3 is 16.0 Å². The zero-order chi connectivity index (χ0) is 16.8. The molecule has 1 atom stereocenters. The molecule has 22 heavy (non-hydrogen) atoms. The third-order valence-electron chi connectivity index (χ3n) is 2.95. The maximum absolute atomic E-state index is 11.9. The predicted octanol–water partition coefficient (Wildman–Crippen LogP) is 1.78. The van der Waals surface area contributed by atoms with Crippen molar-refractivity contribution < 1.29 is 9.59 Å². The average molecular weight is 326 g/mol. The van der Waals surface area contributed by atoms with Crippen molar-refractivity contribution in [2.45, 2.75) is 47.1 Å². The molecule has 0 aliphatic rings. The summed E-state index contributed by atoms with van der Waals surface area (Å²) in [6.07, 6.45) is 0.223. The third-order valence-corrected chi connectivity index (χ3v) is 3.76. The van der Waals surface area contributed by atoms with E-state index < -0.39 is 5.41 Å². The summed E-state index contributed by atoms with van der Waals surface area (Å²) in [7, 11) is 0. The molecule has 0 bridgehead atoms. The van der Waals surface area contributed by atoms with Crippen molar-refractivity contribution in [3.05, 3.63) is 11.1 Å². The number of carbonyl (C=O) groups excluding carboxylic acids is 2. The summed E-state index contributed by atoms with van der Waals surface area (Å²) in [6, 6.07) is 0.242. The number of aromatic nitrogens is 1. The van der Waals surface area contributed by atoms with E-state index in [-0.39, 0.29) is 24.3 Å². The molecular formula is C15H26N4O2S. The minimum Gasteiger partial charge on any atom is -0.354 e. The van der Waals surface area contributed by atoms with Crippen LogP contribution in [0.2, 0.25) is 0 Å². The highest BCUT2D eigenvalue weighted by atomic mass is 32.1. The molecule has 6 nitrogen and oxygen atoms in total. The van der Waals surface area contributed by atoms with Crippen molar-refractivity contribution >= 4 is 28.3 Å². The first-order chi connectivity index (χ1) is 10.2. The van der Waals surface area contributed by atoms with Gasteiger partial charge in [-0.3, -0.25) is 9.59 Å². The van der Waals surface area contributed by atoms with Gasteiger partial charge in [0.2, 0.25) is 11.8 Å². The first kappa shape index (κ1) is 18.6. The van der Waals surface area contributed by atoms with Crippen molar-refractivity contribution in [3.63, 3.8) is 0 Å². The minimum absolute atomic E-state index is 0.0660. The number of anilines is 1. The van der Waals surface area contributed by atoms with E-state index in [1.54, 1.807) is 5.38 Å². The van der Waals surface area contributed by atoms with E-state index in [1.807, 2.05) is 34.6 Å². The summed E-state index contributed by atoms with van der Waals surface area (Å²) in [5.41, 5.74) is 0.203. The van der Waals surface area contributed by atoms with Gasteiger partial charge in [0.05, 0.1) is 12.1 Å². The van der Waals surface area contributed by atoms with Gasteiger partial charge in [0.15, 0.2) is 5.13 Å². The molecule has 0 aliphatic carbocycles. The first-order valence-electron chi connectivity index (χ1n) is 7.48. The quantitative estimate of drug-likeness (QED) is 0.713. The smallest absolute Gasteiger partial charge is 0.231 e. The zero-order valence-electron chi connectivity index (χ0n) is 13.9. The maximum atomic E-state index is 11.9. The van der Waals surface area contributed by atoms with Crippen LogP contribution in [0.15, 0.2) is 5.38 Å². The molecule has 7 heteroatoms. The lowest BCUT2D eigenvalue weighted by Gasteiger charge is -2.15. The average Bonchev–Trinajstić information content (AvgIpc) is 2.83. The fraction of sp³-hybridized carbons (Fsp3) is 0.667. The van der Waals surface area contributed by atoms with Crippen LogP contribution in [0.4, 0.5) is 5.13 Å². The number of likely N-dealkylation sites (N-methyl/N-ethyl adjacent to an activating group) is 1. The Kier molecular flexibility index (Phi) is 6.96. The van der Waals surface area contributed by atoms with E-state index in [0.29, 0.717) is 17.4 Å². The summed E-state index contributed by atoms with van der Waals surface area (Å²) in [5.74, 6) is -0.152. The fourth-order valence-electron chi connectivity index (χ4n) is 1.64. The lowest BCUT2D eigenvalue weighted by molar-refractivity contribution is -0.123. The standard InChI is InChI=1S/C15H26N4O2S/c1-6-16-10(2)8-17-12(20)7-11-9-22-14(18-11)19-13(21)15(3,4)5/h9-10,16H,6-8H2,1-5H3,(H,17,20)(H,18,19,21)/t10-/m1/s1. The monoisotopic (exact) mass is 326 g/mol. The summed E-state index contributed by atoms with van der Waals surface area (Å²) in [4.78, 5) is 28.0. The molecular weight excluding hydrogens is 300 g/mol. The largest absolute Gasteiger partial charge is 0.354 e. The van der Waals surface area contributed by atoms with Gasteiger partial charge in [0, 0.05) is 23.4 Å². The van der Waals surface area contributed by atoms with Crippen molar-refractivity contribution in [2.24, 2.45) is 5.41 Å². The van der Waals surface area contributed by atoms with Gasteiger partial charge in [-0.25, -0.2) is 4.98 Å². The Balaban J connectivity index is 2.45. The van der Waals surface area contributed by atoms with Crippen LogP contribution in [0.5, 0.6) is 0 Å². The summed E-state index contributed by atoms with van der Waals surface area (Å²) < 4.78 is 0. The van der Waals surface area contributed by atoms with Crippen LogP contribution in [0, 0.1) is 5.41 Å². The molecule has 0 radical (unpaired) electrons. The Morgan fingerprint density at radius 1 is 1.36 bits per heavy atom. The number of thiazole rings is 1. The molecule has 0 saturated heterocycles. The maximum Gasteiger partial charge on any atom is 0.231 e. The van der Waals surface area contributed by atoms with Crippen LogP contribution >= 0.6 is 11.3 Å². The van der Waals surface area contributed by atoms with Crippen molar-refractivity contribution in [1.82, 2.24) is 15.6 Å². The number of amides is 2. The van der Waals surface area contributed by atoms with Crippen molar-refractivity contribution in [2.75, 3.05) is 18.4 Å². The highest BCUT2D eigenvalue weighted by Gasteiger charge is 2.22.